The lowest BCUT2D eigenvalue weighted by Crippen LogP contribution is -2.34. The van der Waals surface area contributed by atoms with E-state index in [9.17, 15) is 9.59 Å². The van der Waals surface area contributed by atoms with E-state index in [1.807, 2.05) is 24.3 Å². The van der Waals surface area contributed by atoms with Gasteiger partial charge in [-0.3, -0.25) is 9.59 Å². The third-order valence-corrected chi connectivity index (χ3v) is 5.37. The highest BCUT2D eigenvalue weighted by Gasteiger charge is 2.25. The van der Waals surface area contributed by atoms with E-state index >= 15 is 0 Å². The molecule has 0 saturated carbocycles. The average molecular weight is 372 g/mol. The van der Waals surface area contributed by atoms with Crippen molar-refractivity contribution in [2.45, 2.75) is 44.0 Å². The molecule has 0 fully saturated rings. The van der Waals surface area contributed by atoms with Crippen molar-refractivity contribution in [3.05, 3.63) is 47.9 Å². The van der Waals surface area contributed by atoms with Crippen LogP contribution in [0, 0.1) is 0 Å². The number of carbonyl (C=O) groups excluding carboxylic acids is 2. The number of nitrogens with zero attached hydrogens (tertiary/aromatic N) is 1. The van der Waals surface area contributed by atoms with Crippen LogP contribution < -0.4 is 10.2 Å². The number of benzene rings is 1. The van der Waals surface area contributed by atoms with Gasteiger partial charge in [-0.25, -0.2) is 0 Å². The SMILES string of the molecule is CCCCCCNC(=O)c1ccc(CN2C(=O)CSc3ccccc32)o1. The van der Waals surface area contributed by atoms with Crippen molar-refractivity contribution in [2.24, 2.45) is 0 Å². The summed E-state index contributed by atoms with van der Waals surface area (Å²) in [6.45, 7) is 3.15. The summed E-state index contributed by atoms with van der Waals surface area (Å²) in [7, 11) is 0. The van der Waals surface area contributed by atoms with E-state index in [0.717, 1.165) is 23.4 Å². The summed E-state index contributed by atoms with van der Waals surface area (Å²) < 4.78 is 5.68. The van der Waals surface area contributed by atoms with Gasteiger partial charge in [-0.05, 0) is 30.7 Å². The third kappa shape index (κ3) is 4.49. The molecule has 0 aliphatic carbocycles. The number of rotatable bonds is 8. The topological polar surface area (TPSA) is 62.6 Å². The molecule has 0 radical (unpaired) electrons. The summed E-state index contributed by atoms with van der Waals surface area (Å²) in [4.78, 5) is 27.3. The molecule has 0 bridgehead atoms. The number of amides is 2. The van der Waals surface area contributed by atoms with Gasteiger partial charge in [0.15, 0.2) is 5.76 Å². The molecular weight excluding hydrogens is 348 g/mol. The second kappa shape index (κ2) is 8.94. The lowest BCUT2D eigenvalue weighted by atomic mass is 10.2. The summed E-state index contributed by atoms with van der Waals surface area (Å²) in [5, 5.41) is 2.88. The van der Waals surface area contributed by atoms with Crippen molar-refractivity contribution in [1.82, 2.24) is 5.32 Å². The molecule has 0 atom stereocenters. The molecule has 0 saturated heterocycles. The zero-order valence-electron chi connectivity index (χ0n) is 15.0. The number of fused-ring (bicyclic) bond motifs is 1. The van der Waals surface area contributed by atoms with Gasteiger partial charge in [0.1, 0.15) is 5.76 Å². The van der Waals surface area contributed by atoms with E-state index in [4.69, 9.17) is 4.42 Å². The minimum atomic E-state index is -0.200. The number of hydrogen-bond acceptors (Lipinski definition) is 4. The highest BCUT2D eigenvalue weighted by Crippen LogP contribution is 2.35. The molecule has 0 unspecified atom stereocenters. The molecule has 26 heavy (non-hydrogen) atoms. The Bertz CT molecular complexity index is 772. The van der Waals surface area contributed by atoms with Crippen LogP contribution in [0.1, 0.15) is 48.9 Å². The summed E-state index contributed by atoms with van der Waals surface area (Å²) in [6.07, 6.45) is 4.45. The van der Waals surface area contributed by atoms with Gasteiger partial charge in [0, 0.05) is 11.4 Å². The van der Waals surface area contributed by atoms with Gasteiger partial charge in [0.25, 0.3) is 5.91 Å². The first-order valence-electron chi connectivity index (χ1n) is 9.08. The van der Waals surface area contributed by atoms with Crippen molar-refractivity contribution in [1.29, 1.82) is 0 Å². The van der Waals surface area contributed by atoms with Crippen molar-refractivity contribution in [3.8, 4) is 0 Å². The van der Waals surface area contributed by atoms with Gasteiger partial charge in [0.2, 0.25) is 5.91 Å². The van der Waals surface area contributed by atoms with Crippen LogP contribution >= 0.6 is 11.8 Å². The fourth-order valence-corrected chi connectivity index (χ4v) is 3.84. The first-order chi connectivity index (χ1) is 12.7. The highest BCUT2D eigenvalue weighted by atomic mass is 32.2. The number of para-hydroxylation sites is 1. The molecule has 1 aromatic heterocycles. The standard InChI is InChI=1S/C20H24N2O3S/c1-2-3-4-7-12-21-20(24)17-11-10-15(25-17)13-22-16-8-5-6-9-18(16)26-14-19(22)23/h5-6,8-11H,2-4,7,12-14H2,1H3,(H,21,24). The van der Waals surface area contributed by atoms with Crippen molar-refractivity contribution >= 4 is 29.3 Å². The second-order valence-electron chi connectivity index (χ2n) is 6.32. The Labute approximate surface area is 158 Å². The summed E-state index contributed by atoms with van der Waals surface area (Å²) >= 11 is 1.55. The zero-order valence-corrected chi connectivity index (χ0v) is 15.8. The van der Waals surface area contributed by atoms with Gasteiger partial charge >= 0.3 is 0 Å². The molecule has 1 N–H and O–H groups in total. The lowest BCUT2D eigenvalue weighted by molar-refractivity contribution is -0.116. The Morgan fingerprint density at radius 2 is 2.04 bits per heavy atom. The monoisotopic (exact) mass is 372 g/mol. The number of anilines is 1. The highest BCUT2D eigenvalue weighted by molar-refractivity contribution is 8.00. The number of unbranched alkanes of at least 4 members (excludes halogenated alkanes) is 3. The van der Waals surface area contributed by atoms with E-state index in [1.165, 1.54) is 12.8 Å². The van der Waals surface area contributed by atoms with E-state index in [0.29, 0.717) is 30.4 Å². The van der Waals surface area contributed by atoms with Gasteiger partial charge in [-0.2, -0.15) is 0 Å². The first-order valence-corrected chi connectivity index (χ1v) is 10.1. The third-order valence-electron chi connectivity index (χ3n) is 4.32. The first kappa shape index (κ1) is 18.6. The predicted octanol–water partition coefficient (Wildman–Crippen LogP) is 4.23. The van der Waals surface area contributed by atoms with Crippen LogP contribution in [-0.4, -0.2) is 24.1 Å². The van der Waals surface area contributed by atoms with Crippen LogP contribution in [0.4, 0.5) is 5.69 Å². The number of thioether (sulfide) groups is 1. The fourth-order valence-electron chi connectivity index (χ4n) is 2.91. The quantitative estimate of drug-likeness (QED) is 0.705. The number of nitrogens with one attached hydrogen (secondary N) is 1. The maximum atomic E-state index is 12.3. The number of hydrogen-bond donors (Lipinski definition) is 1. The van der Waals surface area contributed by atoms with E-state index < -0.39 is 0 Å². The second-order valence-corrected chi connectivity index (χ2v) is 7.34. The van der Waals surface area contributed by atoms with Crippen LogP contribution in [0.5, 0.6) is 0 Å². The minimum Gasteiger partial charge on any atom is -0.454 e. The van der Waals surface area contributed by atoms with E-state index in [1.54, 1.807) is 28.8 Å². The van der Waals surface area contributed by atoms with Crippen molar-refractivity contribution in [2.75, 3.05) is 17.2 Å². The Kier molecular flexibility index (Phi) is 6.39. The number of furan rings is 1. The largest absolute Gasteiger partial charge is 0.454 e. The molecular formula is C20H24N2O3S. The van der Waals surface area contributed by atoms with Crippen LogP contribution in [0.15, 0.2) is 45.7 Å². The summed E-state index contributed by atoms with van der Waals surface area (Å²) in [5.41, 5.74) is 0.895. The number of carbonyl (C=O) groups is 2. The van der Waals surface area contributed by atoms with Crippen LogP contribution in [0.3, 0.4) is 0 Å². The molecule has 2 heterocycles. The maximum Gasteiger partial charge on any atom is 0.286 e. The molecule has 2 aromatic rings. The van der Waals surface area contributed by atoms with Crippen molar-refractivity contribution in [3.63, 3.8) is 0 Å². The molecule has 1 aromatic carbocycles. The predicted molar refractivity (Wildman–Crippen MR) is 104 cm³/mol. The van der Waals surface area contributed by atoms with Gasteiger partial charge in [-0.15, -0.1) is 11.8 Å². The molecule has 6 heteroatoms. The smallest absolute Gasteiger partial charge is 0.286 e. The average Bonchev–Trinajstić information content (AvgIpc) is 3.12. The molecule has 0 spiro atoms. The van der Waals surface area contributed by atoms with Gasteiger partial charge in [-0.1, -0.05) is 38.3 Å². The molecule has 3 rings (SSSR count). The maximum absolute atomic E-state index is 12.3. The Hall–Kier alpha value is -2.21. The zero-order chi connectivity index (χ0) is 18.4. The normalized spacial score (nSPS) is 13.6. The Morgan fingerprint density at radius 3 is 2.88 bits per heavy atom. The summed E-state index contributed by atoms with van der Waals surface area (Å²) in [6, 6.07) is 11.3. The molecule has 138 valence electrons. The summed E-state index contributed by atoms with van der Waals surface area (Å²) in [5.74, 6) is 1.17. The van der Waals surface area contributed by atoms with E-state index in [-0.39, 0.29) is 11.8 Å². The van der Waals surface area contributed by atoms with E-state index in [2.05, 4.69) is 12.2 Å². The molecule has 1 aliphatic heterocycles. The van der Waals surface area contributed by atoms with Gasteiger partial charge < -0.3 is 14.6 Å². The van der Waals surface area contributed by atoms with Crippen LogP contribution in [-0.2, 0) is 11.3 Å². The fraction of sp³-hybridized carbons (Fsp3) is 0.400. The van der Waals surface area contributed by atoms with Crippen LogP contribution in [0.25, 0.3) is 0 Å². The molecule has 2 amide bonds. The Balaban J connectivity index is 1.60. The Morgan fingerprint density at radius 1 is 1.19 bits per heavy atom. The van der Waals surface area contributed by atoms with Crippen LogP contribution in [0.2, 0.25) is 0 Å². The van der Waals surface area contributed by atoms with Gasteiger partial charge in [0.05, 0.1) is 18.0 Å². The molecule has 5 nitrogen and oxygen atoms in total. The molecule has 1 aliphatic rings. The lowest BCUT2D eigenvalue weighted by Gasteiger charge is -2.28. The minimum absolute atomic E-state index is 0.0482. The van der Waals surface area contributed by atoms with Crippen molar-refractivity contribution < 1.29 is 14.0 Å².